The molecule has 1 saturated heterocycles. The summed E-state index contributed by atoms with van der Waals surface area (Å²) in [6, 6.07) is 11.5. The summed E-state index contributed by atoms with van der Waals surface area (Å²) in [7, 11) is 0. The van der Waals surface area contributed by atoms with Gasteiger partial charge in [-0.15, -0.1) is 0 Å². The van der Waals surface area contributed by atoms with E-state index in [9.17, 15) is 9.59 Å². The smallest absolute Gasteiger partial charge is 0.253 e. The number of hydrogen-bond acceptors (Lipinski definition) is 3. The number of nitrogens with one attached hydrogen (secondary N) is 2. The molecule has 2 aromatic carbocycles. The molecule has 2 N–H and O–H groups in total. The molecule has 0 aliphatic carbocycles. The molecule has 1 aliphatic rings. The zero-order valence-electron chi connectivity index (χ0n) is 17.0. The van der Waals surface area contributed by atoms with Gasteiger partial charge >= 0.3 is 0 Å². The van der Waals surface area contributed by atoms with E-state index < -0.39 is 0 Å². The van der Waals surface area contributed by atoms with Gasteiger partial charge < -0.3 is 15.5 Å². The maximum atomic E-state index is 12.7. The molecule has 0 aromatic heterocycles. The van der Waals surface area contributed by atoms with Crippen molar-refractivity contribution in [3.8, 4) is 0 Å². The fourth-order valence-electron chi connectivity index (χ4n) is 3.78. The molecule has 1 heterocycles. The Hall–Kier alpha value is -2.82. The highest BCUT2D eigenvalue weighted by Gasteiger charge is 2.18. The van der Waals surface area contributed by atoms with Crippen molar-refractivity contribution < 1.29 is 9.59 Å². The summed E-state index contributed by atoms with van der Waals surface area (Å²) in [4.78, 5) is 27.0. The lowest BCUT2D eigenvalue weighted by atomic mass is 10.1. The van der Waals surface area contributed by atoms with E-state index in [1.165, 1.54) is 12.0 Å². The second kappa shape index (κ2) is 8.91. The van der Waals surface area contributed by atoms with Crippen LogP contribution in [0.1, 0.15) is 46.3 Å². The standard InChI is InChI=1S/C23H29N3O2/c1-16-12-17(2)22(18(3)13-16)25-21(27)15-24-20-9-7-8-19(14-20)23(28)26-10-5-4-6-11-26/h7-9,12-14,24H,4-6,10-11,15H2,1-3H3,(H,25,27). The molecule has 1 fully saturated rings. The van der Waals surface area contributed by atoms with Crippen LogP contribution in [0, 0.1) is 20.8 Å². The van der Waals surface area contributed by atoms with E-state index in [4.69, 9.17) is 0 Å². The van der Waals surface area contributed by atoms with Crippen molar-refractivity contribution in [1.82, 2.24) is 4.90 Å². The fraction of sp³-hybridized carbons (Fsp3) is 0.391. The summed E-state index contributed by atoms with van der Waals surface area (Å²) in [6.45, 7) is 7.85. The highest BCUT2D eigenvalue weighted by molar-refractivity contribution is 5.97. The molecule has 2 aromatic rings. The Morgan fingerprint density at radius 2 is 1.64 bits per heavy atom. The average Bonchev–Trinajstić information content (AvgIpc) is 2.69. The van der Waals surface area contributed by atoms with Crippen molar-refractivity contribution in [2.75, 3.05) is 30.3 Å². The van der Waals surface area contributed by atoms with Gasteiger partial charge in [0.05, 0.1) is 6.54 Å². The van der Waals surface area contributed by atoms with E-state index in [0.717, 1.165) is 48.4 Å². The zero-order chi connectivity index (χ0) is 20.1. The first-order valence-corrected chi connectivity index (χ1v) is 9.95. The molecular formula is C23H29N3O2. The van der Waals surface area contributed by atoms with Crippen molar-refractivity contribution in [3.63, 3.8) is 0 Å². The number of hydrogen-bond donors (Lipinski definition) is 2. The molecule has 5 nitrogen and oxygen atoms in total. The van der Waals surface area contributed by atoms with Gasteiger partial charge in [0.1, 0.15) is 0 Å². The number of nitrogens with zero attached hydrogens (tertiary/aromatic N) is 1. The van der Waals surface area contributed by atoms with Crippen molar-refractivity contribution in [1.29, 1.82) is 0 Å². The van der Waals surface area contributed by atoms with Gasteiger partial charge in [-0.3, -0.25) is 9.59 Å². The van der Waals surface area contributed by atoms with Crippen LogP contribution >= 0.6 is 0 Å². The van der Waals surface area contributed by atoms with Gasteiger partial charge in [-0.25, -0.2) is 0 Å². The second-order valence-electron chi connectivity index (χ2n) is 7.61. The molecular weight excluding hydrogens is 350 g/mol. The molecule has 0 spiro atoms. The molecule has 0 bridgehead atoms. The van der Waals surface area contributed by atoms with E-state index >= 15 is 0 Å². The Morgan fingerprint density at radius 1 is 0.964 bits per heavy atom. The highest BCUT2D eigenvalue weighted by Crippen LogP contribution is 2.22. The van der Waals surface area contributed by atoms with Gasteiger partial charge in [0.25, 0.3) is 5.91 Å². The van der Waals surface area contributed by atoms with Crippen molar-refractivity contribution in [2.45, 2.75) is 40.0 Å². The Bertz CT molecular complexity index is 847. The molecule has 0 atom stereocenters. The lowest BCUT2D eigenvalue weighted by molar-refractivity contribution is -0.114. The van der Waals surface area contributed by atoms with Crippen LogP contribution in [0.4, 0.5) is 11.4 Å². The number of anilines is 2. The number of carbonyl (C=O) groups excluding carboxylic acids is 2. The number of likely N-dealkylation sites (tertiary alicyclic amines) is 1. The summed E-state index contributed by atoms with van der Waals surface area (Å²) < 4.78 is 0. The molecule has 5 heteroatoms. The fourth-order valence-corrected chi connectivity index (χ4v) is 3.78. The van der Waals surface area contributed by atoms with Gasteiger partial charge in [-0.05, 0) is 69.4 Å². The Balaban J connectivity index is 1.60. The predicted octanol–water partition coefficient (Wildman–Crippen LogP) is 4.29. The van der Waals surface area contributed by atoms with Crippen LogP contribution < -0.4 is 10.6 Å². The zero-order valence-corrected chi connectivity index (χ0v) is 17.0. The molecule has 0 saturated carbocycles. The molecule has 3 rings (SSSR count). The van der Waals surface area contributed by atoms with Crippen LogP contribution in [-0.2, 0) is 4.79 Å². The number of benzene rings is 2. The first kappa shape index (κ1) is 19.9. The average molecular weight is 380 g/mol. The lowest BCUT2D eigenvalue weighted by Crippen LogP contribution is -2.35. The number of carbonyl (C=O) groups is 2. The minimum absolute atomic E-state index is 0.0682. The number of amides is 2. The monoisotopic (exact) mass is 379 g/mol. The van der Waals surface area contributed by atoms with E-state index in [1.807, 2.05) is 49.9 Å². The predicted molar refractivity (Wildman–Crippen MR) is 114 cm³/mol. The third-order valence-electron chi connectivity index (χ3n) is 5.15. The van der Waals surface area contributed by atoms with Gasteiger partial charge in [0.2, 0.25) is 5.91 Å². The van der Waals surface area contributed by atoms with Crippen LogP contribution in [0.5, 0.6) is 0 Å². The molecule has 28 heavy (non-hydrogen) atoms. The van der Waals surface area contributed by atoms with Crippen LogP contribution in [0.25, 0.3) is 0 Å². The molecule has 2 amide bonds. The van der Waals surface area contributed by atoms with Gasteiger partial charge in [0.15, 0.2) is 0 Å². The summed E-state index contributed by atoms with van der Waals surface area (Å²) in [5.41, 5.74) is 5.60. The topological polar surface area (TPSA) is 61.4 Å². The van der Waals surface area contributed by atoms with Crippen LogP contribution in [-0.4, -0.2) is 36.3 Å². The van der Waals surface area contributed by atoms with Crippen molar-refractivity contribution in [2.24, 2.45) is 0 Å². The third-order valence-corrected chi connectivity index (χ3v) is 5.15. The maximum absolute atomic E-state index is 12.7. The SMILES string of the molecule is Cc1cc(C)c(NC(=O)CNc2cccc(C(=O)N3CCCCC3)c2)c(C)c1. The quantitative estimate of drug-likeness (QED) is 0.815. The summed E-state index contributed by atoms with van der Waals surface area (Å²) >= 11 is 0. The molecule has 1 aliphatic heterocycles. The summed E-state index contributed by atoms with van der Waals surface area (Å²) in [5, 5.41) is 6.12. The van der Waals surface area contributed by atoms with Gasteiger partial charge in [0, 0.05) is 30.0 Å². The molecule has 0 unspecified atom stereocenters. The van der Waals surface area contributed by atoms with Gasteiger partial charge in [-0.2, -0.15) is 0 Å². The van der Waals surface area contributed by atoms with Crippen molar-refractivity contribution >= 4 is 23.2 Å². The molecule has 0 radical (unpaired) electrons. The van der Waals surface area contributed by atoms with E-state index in [1.54, 1.807) is 0 Å². The number of piperidine rings is 1. The summed E-state index contributed by atoms with van der Waals surface area (Å²) in [6.07, 6.45) is 3.34. The first-order valence-electron chi connectivity index (χ1n) is 9.95. The Labute approximate surface area is 167 Å². The first-order chi connectivity index (χ1) is 13.4. The van der Waals surface area contributed by atoms with E-state index in [0.29, 0.717) is 5.56 Å². The Kier molecular flexibility index (Phi) is 6.34. The van der Waals surface area contributed by atoms with Gasteiger partial charge in [-0.1, -0.05) is 23.8 Å². The van der Waals surface area contributed by atoms with Crippen LogP contribution in [0.3, 0.4) is 0 Å². The largest absolute Gasteiger partial charge is 0.376 e. The minimum Gasteiger partial charge on any atom is -0.376 e. The van der Waals surface area contributed by atoms with Crippen LogP contribution in [0.2, 0.25) is 0 Å². The number of aryl methyl sites for hydroxylation is 3. The molecule has 148 valence electrons. The number of rotatable bonds is 5. The van der Waals surface area contributed by atoms with Crippen molar-refractivity contribution in [3.05, 3.63) is 58.7 Å². The normalized spacial score (nSPS) is 13.9. The lowest BCUT2D eigenvalue weighted by Gasteiger charge is -2.26. The Morgan fingerprint density at radius 3 is 2.32 bits per heavy atom. The van der Waals surface area contributed by atoms with E-state index in [2.05, 4.69) is 22.8 Å². The third kappa shape index (κ3) is 4.91. The minimum atomic E-state index is -0.109. The summed E-state index contributed by atoms with van der Waals surface area (Å²) in [5.74, 6) is -0.0403. The van der Waals surface area contributed by atoms with E-state index in [-0.39, 0.29) is 18.4 Å². The maximum Gasteiger partial charge on any atom is 0.253 e. The van der Waals surface area contributed by atoms with Crippen LogP contribution in [0.15, 0.2) is 36.4 Å². The highest BCUT2D eigenvalue weighted by atomic mass is 16.2. The second-order valence-corrected chi connectivity index (χ2v) is 7.61.